The molecule has 1 amide bonds. The summed E-state index contributed by atoms with van der Waals surface area (Å²) in [6.07, 6.45) is 4.89. The number of ether oxygens (including phenoxy) is 1. The summed E-state index contributed by atoms with van der Waals surface area (Å²) in [5.74, 6) is -0.0338. The second-order valence-electron chi connectivity index (χ2n) is 8.15. The van der Waals surface area contributed by atoms with E-state index in [1.54, 1.807) is 23.1 Å². The Hall–Kier alpha value is -4.53. The number of carbonyl (C=O) groups excluding carboxylic acids is 2. The van der Waals surface area contributed by atoms with Gasteiger partial charge in [-0.1, -0.05) is 24.8 Å². The standard InChI is InChI=1S/C26H22FN5O3/c1-2-22(33)32-11-10-16(14-32)31-26-23-20(13-28-25(23)29-15-30-26)24(34)19-9-8-18(12-21(19)27)35-17-6-4-3-5-7-17/h2-9,12-13,15-16H,1,10-11,14H2,(H2,28,29,30,31). The third-order valence-electron chi connectivity index (χ3n) is 5.89. The number of anilines is 1. The molecule has 176 valence electrons. The van der Waals surface area contributed by atoms with Crippen molar-refractivity contribution < 1.29 is 18.7 Å². The lowest BCUT2D eigenvalue weighted by atomic mass is 10.0. The van der Waals surface area contributed by atoms with Gasteiger partial charge in [-0.25, -0.2) is 14.4 Å². The molecule has 8 nitrogen and oxygen atoms in total. The fourth-order valence-corrected chi connectivity index (χ4v) is 4.17. The monoisotopic (exact) mass is 471 g/mol. The van der Waals surface area contributed by atoms with Crippen molar-refractivity contribution in [3.05, 3.63) is 90.7 Å². The molecule has 2 aromatic carbocycles. The second kappa shape index (κ2) is 9.38. The van der Waals surface area contributed by atoms with Crippen molar-refractivity contribution in [1.82, 2.24) is 19.9 Å². The van der Waals surface area contributed by atoms with E-state index < -0.39 is 11.6 Å². The van der Waals surface area contributed by atoms with Gasteiger partial charge < -0.3 is 19.9 Å². The minimum absolute atomic E-state index is 0.0546. The highest BCUT2D eigenvalue weighted by molar-refractivity contribution is 6.18. The molecule has 1 saturated heterocycles. The van der Waals surface area contributed by atoms with Crippen molar-refractivity contribution in [1.29, 1.82) is 0 Å². The molecule has 0 radical (unpaired) electrons. The van der Waals surface area contributed by atoms with Gasteiger partial charge in [-0.15, -0.1) is 0 Å². The molecule has 5 rings (SSSR count). The summed E-state index contributed by atoms with van der Waals surface area (Å²) in [7, 11) is 0. The Labute approximate surface area is 200 Å². The van der Waals surface area contributed by atoms with E-state index in [2.05, 4.69) is 26.8 Å². The minimum atomic E-state index is -0.696. The average Bonchev–Trinajstić information content (AvgIpc) is 3.52. The maximum atomic E-state index is 15.0. The maximum Gasteiger partial charge on any atom is 0.246 e. The summed E-state index contributed by atoms with van der Waals surface area (Å²) in [6, 6.07) is 13.1. The number of likely N-dealkylation sites (tertiary alicyclic amines) is 1. The Bertz CT molecular complexity index is 1420. The fraction of sp³-hybridized carbons (Fsp3) is 0.154. The number of aromatic nitrogens is 3. The van der Waals surface area contributed by atoms with Gasteiger partial charge >= 0.3 is 0 Å². The van der Waals surface area contributed by atoms with Gasteiger partial charge in [-0.2, -0.15) is 0 Å². The lowest BCUT2D eigenvalue weighted by Gasteiger charge is -2.16. The van der Waals surface area contributed by atoms with E-state index in [0.29, 0.717) is 35.7 Å². The highest BCUT2D eigenvalue weighted by Crippen LogP contribution is 2.29. The number of nitrogens with one attached hydrogen (secondary N) is 2. The molecule has 3 heterocycles. The van der Waals surface area contributed by atoms with Crippen molar-refractivity contribution in [3.8, 4) is 11.5 Å². The first kappa shape index (κ1) is 22.3. The molecular weight excluding hydrogens is 449 g/mol. The van der Waals surface area contributed by atoms with Gasteiger partial charge in [-0.3, -0.25) is 9.59 Å². The number of rotatable bonds is 7. The molecule has 4 aromatic rings. The Morgan fingerprint density at radius 3 is 2.74 bits per heavy atom. The van der Waals surface area contributed by atoms with Gasteiger partial charge in [-0.05, 0) is 36.8 Å². The topological polar surface area (TPSA) is 100 Å². The van der Waals surface area contributed by atoms with Crippen LogP contribution in [0.3, 0.4) is 0 Å². The van der Waals surface area contributed by atoms with Crippen molar-refractivity contribution in [3.63, 3.8) is 0 Å². The third kappa shape index (κ3) is 4.48. The number of nitrogens with zero attached hydrogens (tertiary/aromatic N) is 3. The van der Waals surface area contributed by atoms with E-state index in [1.165, 1.54) is 30.7 Å². The van der Waals surface area contributed by atoms with Crippen LogP contribution in [0.5, 0.6) is 11.5 Å². The zero-order chi connectivity index (χ0) is 24.4. The lowest BCUT2D eigenvalue weighted by Crippen LogP contribution is -2.30. The van der Waals surface area contributed by atoms with Crippen LogP contribution < -0.4 is 10.1 Å². The van der Waals surface area contributed by atoms with Crippen LogP contribution in [-0.4, -0.2) is 50.7 Å². The van der Waals surface area contributed by atoms with Crippen LogP contribution in [0.15, 0.2) is 73.7 Å². The number of benzene rings is 2. The van der Waals surface area contributed by atoms with E-state index in [9.17, 15) is 14.0 Å². The van der Waals surface area contributed by atoms with Gasteiger partial charge in [0.05, 0.1) is 16.5 Å². The van der Waals surface area contributed by atoms with E-state index >= 15 is 0 Å². The third-order valence-corrected chi connectivity index (χ3v) is 5.89. The lowest BCUT2D eigenvalue weighted by molar-refractivity contribution is -0.125. The van der Waals surface area contributed by atoms with Gasteiger partial charge in [0.2, 0.25) is 5.91 Å². The first-order chi connectivity index (χ1) is 17.0. The summed E-state index contributed by atoms with van der Waals surface area (Å²) in [6.45, 7) is 4.61. The highest BCUT2D eigenvalue weighted by Gasteiger charge is 2.27. The highest BCUT2D eigenvalue weighted by atomic mass is 19.1. The average molecular weight is 471 g/mol. The van der Waals surface area contributed by atoms with E-state index in [0.717, 1.165) is 6.42 Å². The van der Waals surface area contributed by atoms with Gasteiger partial charge in [0.25, 0.3) is 0 Å². The zero-order valence-corrected chi connectivity index (χ0v) is 18.7. The number of H-pyrrole nitrogens is 1. The summed E-state index contributed by atoms with van der Waals surface area (Å²) in [4.78, 5) is 38.4. The van der Waals surface area contributed by atoms with Crippen LogP contribution in [0.25, 0.3) is 11.0 Å². The Morgan fingerprint density at radius 2 is 1.97 bits per heavy atom. The molecular formula is C26H22FN5O3. The summed E-state index contributed by atoms with van der Waals surface area (Å²) in [5.41, 5.74) is 0.604. The van der Waals surface area contributed by atoms with Crippen molar-refractivity contribution in [2.75, 3.05) is 18.4 Å². The van der Waals surface area contributed by atoms with Crippen molar-refractivity contribution >= 4 is 28.5 Å². The number of para-hydroxylation sites is 1. The molecule has 35 heavy (non-hydrogen) atoms. The van der Waals surface area contributed by atoms with Crippen LogP contribution in [0, 0.1) is 5.82 Å². The molecule has 0 bridgehead atoms. The number of fused-ring (bicyclic) bond motifs is 1. The largest absolute Gasteiger partial charge is 0.457 e. The quantitative estimate of drug-likeness (QED) is 0.308. The summed E-state index contributed by atoms with van der Waals surface area (Å²) < 4.78 is 20.6. The van der Waals surface area contributed by atoms with Crippen LogP contribution >= 0.6 is 0 Å². The van der Waals surface area contributed by atoms with Gasteiger partial charge in [0, 0.05) is 31.4 Å². The number of ketones is 1. The molecule has 0 saturated carbocycles. The molecule has 2 N–H and O–H groups in total. The predicted octanol–water partition coefficient (Wildman–Crippen LogP) is 4.32. The van der Waals surface area contributed by atoms with E-state index in [-0.39, 0.29) is 28.8 Å². The second-order valence-corrected chi connectivity index (χ2v) is 8.15. The van der Waals surface area contributed by atoms with Crippen LogP contribution in [0.4, 0.5) is 10.2 Å². The van der Waals surface area contributed by atoms with Crippen LogP contribution in [0.1, 0.15) is 22.3 Å². The van der Waals surface area contributed by atoms with Crippen LogP contribution in [0.2, 0.25) is 0 Å². The number of halogens is 1. The summed E-state index contributed by atoms with van der Waals surface area (Å²) >= 11 is 0. The molecule has 1 aliphatic heterocycles. The number of amides is 1. The maximum absolute atomic E-state index is 15.0. The number of hydrogen-bond acceptors (Lipinski definition) is 6. The zero-order valence-electron chi connectivity index (χ0n) is 18.7. The number of aromatic amines is 1. The molecule has 1 fully saturated rings. The minimum Gasteiger partial charge on any atom is -0.457 e. The smallest absolute Gasteiger partial charge is 0.246 e. The van der Waals surface area contributed by atoms with Gasteiger partial charge in [0.15, 0.2) is 5.78 Å². The van der Waals surface area contributed by atoms with Crippen molar-refractivity contribution in [2.24, 2.45) is 0 Å². The fourth-order valence-electron chi connectivity index (χ4n) is 4.17. The predicted molar refractivity (Wildman–Crippen MR) is 129 cm³/mol. The normalized spacial score (nSPS) is 15.2. The SMILES string of the molecule is C=CC(=O)N1CCC(Nc2ncnc3[nH]cc(C(=O)c4ccc(Oc5ccccc5)cc4F)c23)C1. The molecule has 2 aromatic heterocycles. The van der Waals surface area contributed by atoms with Crippen molar-refractivity contribution in [2.45, 2.75) is 12.5 Å². The molecule has 1 atom stereocenters. The molecule has 0 spiro atoms. The first-order valence-corrected chi connectivity index (χ1v) is 11.1. The van der Waals surface area contributed by atoms with E-state index in [1.807, 2.05) is 18.2 Å². The Balaban J connectivity index is 1.41. The van der Waals surface area contributed by atoms with Gasteiger partial charge in [0.1, 0.15) is 35.1 Å². The molecule has 1 aliphatic rings. The molecule has 0 aliphatic carbocycles. The Morgan fingerprint density at radius 1 is 1.14 bits per heavy atom. The summed E-state index contributed by atoms with van der Waals surface area (Å²) in [5, 5.41) is 3.78. The van der Waals surface area contributed by atoms with E-state index in [4.69, 9.17) is 4.74 Å². The van der Waals surface area contributed by atoms with Crippen LogP contribution in [-0.2, 0) is 4.79 Å². The first-order valence-electron chi connectivity index (χ1n) is 11.1. The Kier molecular flexibility index (Phi) is 5.97. The number of carbonyl (C=O) groups is 2. The number of hydrogen-bond donors (Lipinski definition) is 2. The molecule has 1 unspecified atom stereocenters. The molecule has 9 heteroatoms.